The largest absolute Gasteiger partial charge is 0.467 e. The Bertz CT molecular complexity index is 714. The molecule has 1 atom stereocenters. The van der Waals surface area contributed by atoms with Gasteiger partial charge in [0, 0.05) is 12.1 Å². The van der Waals surface area contributed by atoms with Crippen LogP contribution in [-0.4, -0.2) is 30.2 Å². The zero-order valence-corrected chi connectivity index (χ0v) is 13.4. The first-order valence-electron chi connectivity index (χ1n) is 8.23. The first-order valence-corrected chi connectivity index (χ1v) is 8.23. The lowest BCUT2D eigenvalue weighted by Gasteiger charge is -2.24. The van der Waals surface area contributed by atoms with Crippen LogP contribution in [0.1, 0.15) is 24.2 Å². The molecule has 126 valence electrons. The topological polar surface area (TPSA) is 63.9 Å². The molecule has 2 aliphatic heterocycles. The number of hydrogen-bond donors (Lipinski definition) is 1. The van der Waals surface area contributed by atoms with Crippen LogP contribution < -0.4 is 14.8 Å². The van der Waals surface area contributed by atoms with Crippen LogP contribution in [0.3, 0.4) is 0 Å². The van der Waals surface area contributed by atoms with Gasteiger partial charge >= 0.3 is 0 Å². The SMILES string of the molecule is O=C(NCc1ccco1)[C@@H]1CCCN1Cc1cccc2c1OCO2. The van der Waals surface area contributed by atoms with Gasteiger partial charge in [0.15, 0.2) is 11.5 Å². The van der Waals surface area contributed by atoms with Crippen molar-refractivity contribution in [3.8, 4) is 11.5 Å². The van der Waals surface area contributed by atoms with E-state index in [1.807, 2.05) is 30.3 Å². The predicted molar refractivity (Wildman–Crippen MR) is 86.6 cm³/mol. The third kappa shape index (κ3) is 2.97. The Kier molecular flexibility index (Phi) is 4.13. The lowest BCUT2D eigenvalue weighted by atomic mass is 10.1. The first kappa shape index (κ1) is 15.1. The van der Waals surface area contributed by atoms with Crippen LogP contribution in [0.4, 0.5) is 0 Å². The smallest absolute Gasteiger partial charge is 0.237 e. The van der Waals surface area contributed by atoms with Gasteiger partial charge in [0.25, 0.3) is 0 Å². The highest BCUT2D eigenvalue weighted by Crippen LogP contribution is 2.36. The van der Waals surface area contributed by atoms with Crippen molar-refractivity contribution in [1.82, 2.24) is 10.2 Å². The quantitative estimate of drug-likeness (QED) is 0.912. The minimum Gasteiger partial charge on any atom is -0.467 e. The van der Waals surface area contributed by atoms with E-state index >= 15 is 0 Å². The summed E-state index contributed by atoms with van der Waals surface area (Å²) in [6.07, 6.45) is 3.50. The van der Waals surface area contributed by atoms with Crippen molar-refractivity contribution in [3.05, 3.63) is 47.9 Å². The molecule has 24 heavy (non-hydrogen) atoms. The van der Waals surface area contributed by atoms with Crippen LogP contribution in [-0.2, 0) is 17.9 Å². The third-order valence-corrected chi connectivity index (χ3v) is 4.53. The van der Waals surface area contributed by atoms with E-state index in [4.69, 9.17) is 13.9 Å². The number of amides is 1. The number of nitrogens with one attached hydrogen (secondary N) is 1. The molecule has 0 aliphatic carbocycles. The number of furan rings is 1. The van der Waals surface area contributed by atoms with Crippen molar-refractivity contribution < 1.29 is 18.7 Å². The standard InChI is InChI=1S/C18H20N2O4/c21-18(19-10-14-5-3-9-22-14)15-6-2-8-20(15)11-13-4-1-7-16-17(13)24-12-23-16/h1,3-5,7,9,15H,2,6,8,10-12H2,(H,19,21)/t15-/m0/s1. The van der Waals surface area contributed by atoms with Crippen molar-refractivity contribution in [3.63, 3.8) is 0 Å². The molecule has 0 unspecified atom stereocenters. The highest BCUT2D eigenvalue weighted by molar-refractivity contribution is 5.82. The minimum absolute atomic E-state index is 0.0497. The lowest BCUT2D eigenvalue weighted by molar-refractivity contribution is -0.125. The van der Waals surface area contributed by atoms with Crippen LogP contribution in [0.2, 0.25) is 0 Å². The Morgan fingerprint density at radius 2 is 2.21 bits per heavy atom. The lowest BCUT2D eigenvalue weighted by Crippen LogP contribution is -2.42. The van der Waals surface area contributed by atoms with Gasteiger partial charge < -0.3 is 19.2 Å². The summed E-state index contributed by atoms with van der Waals surface area (Å²) in [6, 6.07) is 9.47. The summed E-state index contributed by atoms with van der Waals surface area (Å²) in [5, 5.41) is 2.96. The van der Waals surface area contributed by atoms with E-state index in [-0.39, 0.29) is 18.7 Å². The van der Waals surface area contributed by atoms with E-state index in [0.29, 0.717) is 13.1 Å². The highest BCUT2D eigenvalue weighted by Gasteiger charge is 2.31. The Morgan fingerprint density at radius 1 is 1.25 bits per heavy atom. The second kappa shape index (κ2) is 6.57. The second-order valence-corrected chi connectivity index (χ2v) is 6.08. The minimum atomic E-state index is -0.113. The maximum Gasteiger partial charge on any atom is 0.237 e. The van der Waals surface area contributed by atoms with Gasteiger partial charge in [0.1, 0.15) is 5.76 Å². The second-order valence-electron chi connectivity index (χ2n) is 6.08. The fourth-order valence-electron chi connectivity index (χ4n) is 3.35. The van der Waals surface area contributed by atoms with Crippen molar-refractivity contribution in [2.45, 2.75) is 32.0 Å². The summed E-state index contributed by atoms with van der Waals surface area (Å²) in [7, 11) is 0. The fourth-order valence-corrected chi connectivity index (χ4v) is 3.35. The molecule has 0 bridgehead atoms. The number of carbonyl (C=O) groups is 1. The molecule has 1 aromatic heterocycles. The van der Waals surface area contributed by atoms with Gasteiger partial charge in [-0.2, -0.15) is 0 Å². The maximum atomic E-state index is 12.5. The number of nitrogens with zero attached hydrogens (tertiary/aromatic N) is 1. The molecule has 1 fully saturated rings. The number of para-hydroxylation sites is 1. The average Bonchev–Trinajstić information content (AvgIpc) is 3.34. The molecule has 1 amide bonds. The fraction of sp³-hybridized carbons (Fsp3) is 0.389. The highest BCUT2D eigenvalue weighted by atomic mass is 16.7. The summed E-state index contributed by atoms with van der Waals surface area (Å²) < 4.78 is 16.3. The van der Waals surface area contributed by atoms with Crippen molar-refractivity contribution >= 4 is 5.91 Å². The predicted octanol–water partition coefficient (Wildman–Crippen LogP) is 2.29. The van der Waals surface area contributed by atoms with E-state index in [2.05, 4.69) is 10.2 Å². The van der Waals surface area contributed by atoms with Crippen LogP contribution in [0.5, 0.6) is 11.5 Å². The van der Waals surface area contributed by atoms with Crippen LogP contribution >= 0.6 is 0 Å². The number of ether oxygens (including phenoxy) is 2. The number of fused-ring (bicyclic) bond motifs is 1. The van der Waals surface area contributed by atoms with E-state index < -0.39 is 0 Å². The van der Waals surface area contributed by atoms with Gasteiger partial charge in [-0.05, 0) is 37.6 Å². The van der Waals surface area contributed by atoms with Gasteiger partial charge in [-0.25, -0.2) is 0 Å². The summed E-state index contributed by atoms with van der Waals surface area (Å²) >= 11 is 0. The molecule has 4 rings (SSSR count). The number of hydrogen-bond acceptors (Lipinski definition) is 5. The third-order valence-electron chi connectivity index (χ3n) is 4.53. The van der Waals surface area contributed by atoms with Crippen molar-refractivity contribution in [2.24, 2.45) is 0 Å². The molecule has 1 N–H and O–H groups in total. The summed E-state index contributed by atoms with van der Waals surface area (Å²) in [6.45, 7) is 2.28. The number of carbonyl (C=O) groups excluding carboxylic acids is 1. The monoisotopic (exact) mass is 328 g/mol. The van der Waals surface area contributed by atoms with Crippen molar-refractivity contribution in [2.75, 3.05) is 13.3 Å². The molecule has 0 spiro atoms. The van der Waals surface area contributed by atoms with Crippen LogP contribution in [0, 0.1) is 0 Å². The number of benzene rings is 1. The zero-order valence-electron chi connectivity index (χ0n) is 13.4. The molecule has 2 aliphatic rings. The van der Waals surface area contributed by atoms with Crippen LogP contribution in [0.15, 0.2) is 41.0 Å². The van der Waals surface area contributed by atoms with Crippen molar-refractivity contribution in [1.29, 1.82) is 0 Å². The van der Waals surface area contributed by atoms with Gasteiger partial charge in [-0.3, -0.25) is 9.69 Å². The molecule has 3 heterocycles. The summed E-state index contributed by atoms with van der Waals surface area (Å²) in [5.74, 6) is 2.40. The van der Waals surface area contributed by atoms with Gasteiger partial charge in [0.2, 0.25) is 12.7 Å². The average molecular weight is 328 g/mol. The summed E-state index contributed by atoms with van der Waals surface area (Å²) in [5.41, 5.74) is 1.07. The normalized spacial score (nSPS) is 19.6. The molecular formula is C18H20N2O4. The molecular weight excluding hydrogens is 308 g/mol. The Morgan fingerprint density at radius 3 is 3.08 bits per heavy atom. The molecule has 1 aromatic carbocycles. The Hall–Kier alpha value is -2.47. The summed E-state index contributed by atoms with van der Waals surface area (Å²) in [4.78, 5) is 14.7. The maximum absolute atomic E-state index is 12.5. The zero-order chi connectivity index (χ0) is 16.4. The Balaban J connectivity index is 1.41. The van der Waals surface area contributed by atoms with E-state index in [9.17, 15) is 4.79 Å². The molecule has 0 saturated carbocycles. The molecule has 6 heteroatoms. The van der Waals surface area contributed by atoms with Gasteiger partial charge in [-0.15, -0.1) is 0 Å². The van der Waals surface area contributed by atoms with E-state index in [1.165, 1.54) is 0 Å². The van der Waals surface area contributed by atoms with Crippen LogP contribution in [0.25, 0.3) is 0 Å². The van der Waals surface area contributed by atoms with E-state index in [1.54, 1.807) is 6.26 Å². The molecule has 2 aromatic rings. The van der Waals surface area contributed by atoms with Gasteiger partial charge in [0.05, 0.1) is 18.8 Å². The molecule has 6 nitrogen and oxygen atoms in total. The van der Waals surface area contributed by atoms with E-state index in [0.717, 1.165) is 42.2 Å². The Labute approximate surface area is 140 Å². The van der Waals surface area contributed by atoms with Gasteiger partial charge in [-0.1, -0.05) is 12.1 Å². The number of likely N-dealkylation sites (tertiary alicyclic amines) is 1. The first-order chi connectivity index (χ1) is 11.8. The molecule has 0 radical (unpaired) electrons. The number of rotatable bonds is 5. The molecule has 1 saturated heterocycles.